The summed E-state index contributed by atoms with van der Waals surface area (Å²) in [6.07, 6.45) is 4.17. The third-order valence-electron chi connectivity index (χ3n) is 2.05. The number of rotatable bonds is 2. The van der Waals surface area contributed by atoms with E-state index in [0.717, 1.165) is 11.4 Å². The van der Waals surface area contributed by atoms with Gasteiger partial charge in [0.25, 0.3) is 0 Å². The van der Waals surface area contributed by atoms with Gasteiger partial charge in [0, 0.05) is 18.8 Å². The summed E-state index contributed by atoms with van der Waals surface area (Å²) in [7, 11) is 0. The summed E-state index contributed by atoms with van der Waals surface area (Å²) in [5.74, 6) is 0.882. The van der Waals surface area contributed by atoms with Crippen molar-refractivity contribution >= 4 is 12.4 Å². The zero-order chi connectivity index (χ0) is 9.80. The number of nitrogens with one attached hydrogen (secondary N) is 1. The minimum atomic E-state index is 0. The van der Waals surface area contributed by atoms with Gasteiger partial charge in [0.2, 0.25) is 0 Å². The normalized spacial score (nSPS) is 9.00. The minimum absolute atomic E-state index is 0. The van der Waals surface area contributed by atoms with E-state index in [1.807, 2.05) is 24.3 Å². The van der Waals surface area contributed by atoms with Gasteiger partial charge in [-0.1, -0.05) is 18.2 Å². The second kappa shape index (κ2) is 5.18. The Morgan fingerprint density at radius 3 is 2.80 bits per heavy atom. The molecule has 0 saturated heterocycles. The maximum Gasteiger partial charge on any atom is 0.110 e. The molecule has 0 atom stereocenters. The van der Waals surface area contributed by atoms with Crippen LogP contribution in [0.25, 0.3) is 0 Å². The van der Waals surface area contributed by atoms with E-state index in [4.69, 9.17) is 5.26 Å². The summed E-state index contributed by atoms with van der Waals surface area (Å²) in [6, 6.07) is 9.72. The molecule has 0 bridgehead atoms. The fourth-order valence-electron chi connectivity index (χ4n) is 1.36. The lowest BCUT2D eigenvalue weighted by Gasteiger charge is -2.00. The third-order valence-corrected chi connectivity index (χ3v) is 2.05. The molecule has 76 valence electrons. The SMILES string of the molecule is Cl.N#Cc1ccccc1Cc1ncc[nH]1. The largest absolute Gasteiger partial charge is 0.348 e. The molecule has 0 aliphatic rings. The Morgan fingerprint density at radius 2 is 2.13 bits per heavy atom. The summed E-state index contributed by atoms with van der Waals surface area (Å²) >= 11 is 0. The van der Waals surface area contributed by atoms with E-state index in [1.165, 1.54) is 0 Å². The molecule has 1 heterocycles. The van der Waals surface area contributed by atoms with E-state index < -0.39 is 0 Å². The van der Waals surface area contributed by atoms with Crippen LogP contribution in [0.2, 0.25) is 0 Å². The summed E-state index contributed by atoms with van der Waals surface area (Å²) in [4.78, 5) is 7.14. The van der Waals surface area contributed by atoms with E-state index in [0.29, 0.717) is 12.0 Å². The number of aromatic nitrogens is 2. The Balaban J connectivity index is 0.00000112. The van der Waals surface area contributed by atoms with Crippen molar-refractivity contribution in [1.29, 1.82) is 5.26 Å². The number of hydrogen-bond acceptors (Lipinski definition) is 2. The lowest BCUT2D eigenvalue weighted by Crippen LogP contribution is -1.93. The molecule has 0 amide bonds. The smallest absolute Gasteiger partial charge is 0.110 e. The third kappa shape index (κ3) is 2.58. The highest BCUT2D eigenvalue weighted by Crippen LogP contribution is 2.10. The van der Waals surface area contributed by atoms with E-state index >= 15 is 0 Å². The molecule has 2 rings (SSSR count). The molecule has 1 aromatic carbocycles. The summed E-state index contributed by atoms with van der Waals surface area (Å²) < 4.78 is 0. The van der Waals surface area contributed by atoms with Crippen LogP contribution in [-0.4, -0.2) is 9.97 Å². The molecule has 2 aromatic rings. The Morgan fingerprint density at radius 1 is 1.33 bits per heavy atom. The molecule has 3 nitrogen and oxygen atoms in total. The first-order valence-electron chi connectivity index (χ1n) is 4.36. The van der Waals surface area contributed by atoms with Gasteiger partial charge < -0.3 is 4.98 Å². The van der Waals surface area contributed by atoms with Crippen molar-refractivity contribution in [2.75, 3.05) is 0 Å². The first-order chi connectivity index (χ1) is 6.90. The van der Waals surface area contributed by atoms with Gasteiger partial charge >= 0.3 is 0 Å². The standard InChI is InChI=1S/C11H9N3.ClH/c12-8-10-4-2-1-3-9(10)7-11-13-5-6-14-11;/h1-6H,7H2,(H,13,14);1H. The van der Waals surface area contributed by atoms with Crippen molar-refractivity contribution in [1.82, 2.24) is 9.97 Å². The van der Waals surface area contributed by atoms with Crippen LogP contribution in [0, 0.1) is 11.3 Å². The molecule has 1 N–H and O–H groups in total. The van der Waals surface area contributed by atoms with Crippen molar-refractivity contribution in [3.05, 3.63) is 53.6 Å². The molecule has 0 radical (unpaired) electrons. The van der Waals surface area contributed by atoms with Crippen LogP contribution in [0.5, 0.6) is 0 Å². The predicted octanol–water partition coefficient (Wildman–Crippen LogP) is 2.29. The maximum atomic E-state index is 8.87. The Bertz CT molecular complexity index is 457. The Labute approximate surface area is 94.2 Å². The van der Waals surface area contributed by atoms with Crippen molar-refractivity contribution in [2.24, 2.45) is 0 Å². The molecular formula is C11H10ClN3. The first-order valence-corrected chi connectivity index (χ1v) is 4.36. The van der Waals surface area contributed by atoms with Gasteiger partial charge in [0.05, 0.1) is 11.6 Å². The monoisotopic (exact) mass is 219 g/mol. The number of aromatic amines is 1. The molecule has 0 spiro atoms. The number of benzene rings is 1. The van der Waals surface area contributed by atoms with E-state index in [9.17, 15) is 0 Å². The van der Waals surface area contributed by atoms with Gasteiger partial charge in [-0.3, -0.25) is 0 Å². The van der Waals surface area contributed by atoms with Crippen molar-refractivity contribution in [3.8, 4) is 6.07 Å². The van der Waals surface area contributed by atoms with E-state index in [1.54, 1.807) is 12.4 Å². The average molecular weight is 220 g/mol. The molecule has 0 saturated carbocycles. The molecular weight excluding hydrogens is 210 g/mol. The predicted molar refractivity (Wildman–Crippen MR) is 59.8 cm³/mol. The fourth-order valence-corrected chi connectivity index (χ4v) is 1.36. The Kier molecular flexibility index (Phi) is 3.90. The quantitative estimate of drug-likeness (QED) is 0.843. The number of H-pyrrole nitrogens is 1. The van der Waals surface area contributed by atoms with Gasteiger partial charge in [0.15, 0.2) is 0 Å². The lowest BCUT2D eigenvalue weighted by molar-refractivity contribution is 1.02. The summed E-state index contributed by atoms with van der Waals surface area (Å²) in [5.41, 5.74) is 1.72. The average Bonchev–Trinajstić information content (AvgIpc) is 2.71. The fraction of sp³-hybridized carbons (Fsp3) is 0.0909. The van der Waals surface area contributed by atoms with Crippen LogP contribution in [0.15, 0.2) is 36.7 Å². The van der Waals surface area contributed by atoms with Crippen LogP contribution in [0.1, 0.15) is 17.0 Å². The highest BCUT2D eigenvalue weighted by atomic mass is 35.5. The molecule has 4 heteroatoms. The summed E-state index contributed by atoms with van der Waals surface area (Å²) in [5, 5.41) is 8.87. The number of hydrogen-bond donors (Lipinski definition) is 1. The second-order valence-corrected chi connectivity index (χ2v) is 2.98. The van der Waals surface area contributed by atoms with Crippen LogP contribution >= 0.6 is 12.4 Å². The second-order valence-electron chi connectivity index (χ2n) is 2.98. The number of halogens is 1. The highest BCUT2D eigenvalue weighted by Gasteiger charge is 2.02. The van der Waals surface area contributed by atoms with Gasteiger partial charge in [-0.15, -0.1) is 12.4 Å². The lowest BCUT2D eigenvalue weighted by atomic mass is 10.1. The summed E-state index contributed by atoms with van der Waals surface area (Å²) in [6.45, 7) is 0. The zero-order valence-electron chi connectivity index (χ0n) is 7.97. The molecule has 0 unspecified atom stereocenters. The van der Waals surface area contributed by atoms with Crippen LogP contribution in [0.3, 0.4) is 0 Å². The molecule has 0 aliphatic carbocycles. The highest BCUT2D eigenvalue weighted by molar-refractivity contribution is 5.85. The van der Waals surface area contributed by atoms with E-state index in [-0.39, 0.29) is 12.4 Å². The van der Waals surface area contributed by atoms with Gasteiger partial charge in [-0.25, -0.2) is 4.98 Å². The van der Waals surface area contributed by atoms with Crippen molar-refractivity contribution in [3.63, 3.8) is 0 Å². The number of nitrogens with zero attached hydrogens (tertiary/aromatic N) is 2. The minimum Gasteiger partial charge on any atom is -0.348 e. The van der Waals surface area contributed by atoms with Gasteiger partial charge in [-0.2, -0.15) is 5.26 Å². The topological polar surface area (TPSA) is 52.5 Å². The zero-order valence-corrected chi connectivity index (χ0v) is 8.79. The van der Waals surface area contributed by atoms with Gasteiger partial charge in [0.1, 0.15) is 5.82 Å². The van der Waals surface area contributed by atoms with Crippen LogP contribution in [-0.2, 0) is 6.42 Å². The van der Waals surface area contributed by atoms with Crippen molar-refractivity contribution < 1.29 is 0 Å². The number of imidazole rings is 1. The first kappa shape index (κ1) is 11.3. The molecule has 15 heavy (non-hydrogen) atoms. The maximum absolute atomic E-state index is 8.87. The van der Waals surface area contributed by atoms with E-state index in [2.05, 4.69) is 16.0 Å². The van der Waals surface area contributed by atoms with Crippen molar-refractivity contribution in [2.45, 2.75) is 6.42 Å². The Hall–Kier alpha value is -1.79. The van der Waals surface area contributed by atoms with Crippen LogP contribution in [0.4, 0.5) is 0 Å². The molecule has 0 fully saturated rings. The van der Waals surface area contributed by atoms with Gasteiger partial charge in [-0.05, 0) is 11.6 Å². The molecule has 0 aliphatic heterocycles. The van der Waals surface area contributed by atoms with Crippen LogP contribution < -0.4 is 0 Å². The molecule has 1 aromatic heterocycles. The number of nitriles is 1.